The first-order valence-electron chi connectivity index (χ1n) is 7.97. The lowest BCUT2D eigenvalue weighted by atomic mass is 9.97. The third kappa shape index (κ3) is 6.24. The largest absolute Gasteiger partial charge is 0.492 e. The number of amides is 1. The zero-order valence-corrected chi connectivity index (χ0v) is 13.6. The molecule has 1 N–H and O–H groups in total. The Morgan fingerprint density at radius 3 is 2.86 bits per heavy atom. The number of rotatable bonds is 8. The second-order valence-electron chi connectivity index (χ2n) is 5.58. The van der Waals surface area contributed by atoms with Crippen LogP contribution in [0, 0.1) is 5.92 Å². The van der Waals surface area contributed by atoms with E-state index in [1.165, 1.54) is 0 Å². The van der Waals surface area contributed by atoms with Crippen molar-refractivity contribution in [3.63, 3.8) is 0 Å². The van der Waals surface area contributed by atoms with Gasteiger partial charge in [-0.25, -0.2) is 0 Å². The maximum absolute atomic E-state index is 11.7. The van der Waals surface area contributed by atoms with Gasteiger partial charge in [0.05, 0.1) is 11.6 Å². The van der Waals surface area contributed by atoms with E-state index in [1.54, 1.807) is 6.07 Å². The molecule has 1 aromatic rings. The van der Waals surface area contributed by atoms with Crippen molar-refractivity contribution < 1.29 is 14.3 Å². The van der Waals surface area contributed by atoms with Gasteiger partial charge >= 0.3 is 0 Å². The summed E-state index contributed by atoms with van der Waals surface area (Å²) in [7, 11) is 0. The Bertz CT molecular complexity index is 461. The Balaban J connectivity index is 1.51. The van der Waals surface area contributed by atoms with Crippen molar-refractivity contribution in [3.8, 4) is 5.75 Å². The van der Waals surface area contributed by atoms with E-state index < -0.39 is 0 Å². The molecule has 1 aromatic carbocycles. The number of hydrogen-bond donors (Lipinski definition) is 1. The molecule has 0 spiro atoms. The van der Waals surface area contributed by atoms with Crippen molar-refractivity contribution in [1.82, 2.24) is 5.32 Å². The molecule has 0 bridgehead atoms. The van der Waals surface area contributed by atoms with Crippen molar-refractivity contribution in [2.75, 3.05) is 26.4 Å². The minimum atomic E-state index is 0.0924. The summed E-state index contributed by atoms with van der Waals surface area (Å²) in [4.78, 5) is 11.7. The lowest BCUT2D eigenvalue weighted by molar-refractivity contribution is -0.121. The highest BCUT2D eigenvalue weighted by Crippen LogP contribution is 2.23. The number of carbonyl (C=O) groups excluding carboxylic acids is 1. The van der Waals surface area contributed by atoms with Crippen molar-refractivity contribution in [3.05, 3.63) is 29.3 Å². The molecule has 0 saturated carbocycles. The van der Waals surface area contributed by atoms with Gasteiger partial charge in [0.2, 0.25) is 5.91 Å². The van der Waals surface area contributed by atoms with Crippen molar-refractivity contribution in [2.45, 2.75) is 32.1 Å². The van der Waals surface area contributed by atoms with E-state index in [0.29, 0.717) is 36.1 Å². The van der Waals surface area contributed by atoms with Crippen molar-refractivity contribution in [2.24, 2.45) is 5.92 Å². The monoisotopic (exact) mass is 325 g/mol. The fraction of sp³-hybridized carbons (Fsp3) is 0.588. The third-order valence-electron chi connectivity index (χ3n) is 3.86. The SMILES string of the molecule is O=C(CCCOc1ccccc1Cl)NCCC1CCOCC1. The number of halogens is 1. The summed E-state index contributed by atoms with van der Waals surface area (Å²) in [6.45, 7) is 2.97. The molecule has 1 amide bonds. The van der Waals surface area contributed by atoms with Gasteiger partial charge in [-0.05, 0) is 43.7 Å². The molecule has 5 heteroatoms. The molecule has 0 radical (unpaired) electrons. The molecule has 22 heavy (non-hydrogen) atoms. The highest BCUT2D eigenvalue weighted by molar-refractivity contribution is 6.32. The van der Waals surface area contributed by atoms with E-state index in [4.69, 9.17) is 21.1 Å². The second-order valence-corrected chi connectivity index (χ2v) is 5.98. The smallest absolute Gasteiger partial charge is 0.220 e. The summed E-state index contributed by atoms with van der Waals surface area (Å²) >= 11 is 5.99. The predicted molar refractivity (Wildman–Crippen MR) is 87.4 cm³/mol. The fourth-order valence-electron chi connectivity index (χ4n) is 2.52. The van der Waals surface area contributed by atoms with Crippen LogP contribution in [0.25, 0.3) is 0 Å². The van der Waals surface area contributed by atoms with Crippen molar-refractivity contribution >= 4 is 17.5 Å². The first kappa shape index (κ1) is 17.1. The molecule has 2 rings (SSSR count). The molecular formula is C17H24ClNO3. The van der Waals surface area contributed by atoms with Gasteiger partial charge < -0.3 is 14.8 Å². The molecule has 4 nitrogen and oxygen atoms in total. The van der Waals surface area contributed by atoms with E-state index in [1.807, 2.05) is 18.2 Å². The van der Waals surface area contributed by atoms with E-state index >= 15 is 0 Å². The summed E-state index contributed by atoms with van der Waals surface area (Å²) < 4.78 is 10.9. The van der Waals surface area contributed by atoms with Crippen LogP contribution in [0.3, 0.4) is 0 Å². The Hall–Kier alpha value is -1.26. The number of benzene rings is 1. The highest BCUT2D eigenvalue weighted by atomic mass is 35.5. The minimum Gasteiger partial charge on any atom is -0.492 e. The van der Waals surface area contributed by atoms with Crippen LogP contribution in [0.4, 0.5) is 0 Å². The Morgan fingerprint density at radius 1 is 1.32 bits per heavy atom. The average molecular weight is 326 g/mol. The Kier molecular flexibility index (Phi) is 7.54. The first-order chi connectivity index (χ1) is 10.8. The number of ether oxygens (including phenoxy) is 2. The zero-order chi connectivity index (χ0) is 15.6. The average Bonchev–Trinajstić information content (AvgIpc) is 2.54. The van der Waals surface area contributed by atoms with Crippen LogP contribution in [0.2, 0.25) is 5.02 Å². The van der Waals surface area contributed by atoms with Gasteiger partial charge in [0.25, 0.3) is 0 Å². The molecule has 0 aromatic heterocycles. The topological polar surface area (TPSA) is 47.6 Å². The third-order valence-corrected chi connectivity index (χ3v) is 4.17. The van der Waals surface area contributed by atoms with Crippen LogP contribution >= 0.6 is 11.6 Å². The van der Waals surface area contributed by atoms with Gasteiger partial charge in [-0.3, -0.25) is 4.79 Å². The summed E-state index contributed by atoms with van der Waals surface area (Å²) in [5.74, 6) is 1.46. The molecule has 1 aliphatic heterocycles. The molecule has 1 heterocycles. The summed E-state index contributed by atoms with van der Waals surface area (Å²) in [6, 6.07) is 7.36. The molecule has 122 valence electrons. The van der Waals surface area contributed by atoms with E-state index in [0.717, 1.165) is 39.0 Å². The molecule has 1 fully saturated rings. The van der Waals surface area contributed by atoms with Gasteiger partial charge in [0.15, 0.2) is 0 Å². The highest BCUT2D eigenvalue weighted by Gasteiger charge is 2.13. The van der Waals surface area contributed by atoms with Crippen LogP contribution in [0.1, 0.15) is 32.1 Å². The van der Waals surface area contributed by atoms with Crippen LogP contribution in [0.5, 0.6) is 5.75 Å². The zero-order valence-electron chi connectivity index (χ0n) is 12.9. The van der Waals surface area contributed by atoms with Crippen LogP contribution in [-0.4, -0.2) is 32.3 Å². The predicted octanol–water partition coefficient (Wildman–Crippen LogP) is 3.43. The van der Waals surface area contributed by atoms with E-state index in [2.05, 4.69) is 5.32 Å². The molecule has 0 aliphatic carbocycles. The molecule has 1 saturated heterocycles. The maximum atomic E-state index is 11.7. The Morgan fingerprint density at radius 2 is 2.09 bits per heavy atom. The van der Waals surface area contributed by atoms with Gasteiger partial charge in [-0.1, -0.05) is 23.7 Å². The standard InChI is InChI=1S/C17H24ClNO3/c18-15-4-1-2-5-16(15)22-11-3-6-17(20)19-10-7-14-8-12-21-13-9-14/h1-2,4-5,14H,3,6-13H2,(H,19,20). The second kappa shape index (κ2) is 9.70. The van der Waals surface area contributed by atoms with Gasteiger partial charge in [-0.2, -0.15) is 0 Å². The maximum Gasteiger partial charge on any atom is 0.220 e. The van der Waals surface area contributed by atoms with E-state index in [9.17, 15) is 4.79 Å². The molecule has 1 aliphatic rings. The summed E-state index contributed by atoms with van der Waals surface area (Å²) in [6.07, 6.45) is 4.45. The quantitative estimate of drug-likeness (QED) is 0.745. The first-order valence-corrected chi connectivity index (χ1v) is 8.35. The number of para-hydroxylation sites is 1. The normalized spacial score (nSPS) is 15.5. The number of hydrogen-bond acceptors (Lipinski definition) is 3. The van der Waals surface area contributed by atoms with Gasteiger partial charge in [0, 0.05) is 26.2 Å². The Labute approximate surface area is 137 Å². The van der Waals surface area contributed by atoms with Crippen LogP contribution in [-0.2, 0) is 9.53 Å². The summed E-state index contributed by atoms with van der Waals surface area (Å²) in [5, 5.41) is 3.58. The molecule has 0 atom stereocenters. The van der Waals surface area contributed by atoms with Crippen molar-refractivity contribution in [1.29, 1.82) is 0 Å². The minimum absolute atomic E-state index is 0.0924. The van der Waals surface area contributed by atoms with Gasteiger partial charge in [-0.15, -0.1) is 0 Å². The lowest BCUT2D eigenvalue weighted by Gasteiger charge is -2.21. The van der Waals surface area contributed by atoms with E-state index in [-0.39, 0.29) is 5.91 Å². The number of carbonyl (C=O) groups is 1. The molecule has 0 unspecified atom stereocenters. The van der Waals surface area contributed by atoms with Gasteiger partial charge in [0.1, 0.15) is 5.75 Å². The fourth-order valence-corrected chi connectivity index (χ4v) is 2.71. The van der Waals surface area contributed by atoms with Crippen LogP contribution in [0.15, 0.2) is 24.3 Å². The van der Waals surface area contributed by atoms with Crippen LogP contribution < -0.4 is 10.1 Å². The lowest BCUT2D eigenvalue weighted by Crippen LogP contribution is -2.27. The molecular weight excluding hydrogens is 302 g/mol. The summed E-state index contributed by atoms with van der Waals surface area (Å²) in [5.41, 5.74) is 0. The number of nitrogens with one attached hydrogen (secondary N) is 1.